The van der Waals surface area contributed by atoms with E-state index in [1.165, 1.54) is 0 Å². The summed E-state index contributed by atoms with van der Waals surface area (Å²) in [5.41, 5.74) is 7.72. The van der Waals surface area contributed by atoms with E-state index in [2.05, 4.69) is 34.8 Å². The average molecular weight is 285 g/mol. The molecular formula is C12H17BrN2O. The standard InChI is InChI=1S/C12H17BrN2O/c1-6(2)8-5-9(14)10(15-12(8)13)11(16)7(3)4/h5-7H,14H2,1-4H3. The van der Waals surface area contributed by atoms with Crippen molar-refractivity contribution in [1.29, 1.82) is 0 Å². The normalized spacial score (nSPS) is 11.2. The summed E-state index contributed by atoms with van der Waals surface area (Å²) in [7, 11) is 0. The molecule has 0 aromatic carbocycles. The second-order valence-corrected chi connectivity index (χ2v) is 5.23. The van der Waals surface area contributed by atoms with Crippen LogP contribution in [0.4, 0.5) is 5.69 Å². The summed E-state index contributed by atoms with van der Waals surface area (Å²) in [5, 5.41) is 0. The monoisotopic (exact) mass is 284 g/mol. The van der Waals surface area contributed by atoms with Crippen LogP contribution in [0.5, 0.6) is 0 Å². The zero-order chi connectivity index (χ0) is 12.5. The molecule has 4 heteroatoms. The number of anilines is 1. The summed E-state index contributed by atoms with van der Waals surface area (Å²) < 4.78 is 0.709. The van der Waals surface area contributed by atoms with Crippen LogP contribution in [-0.2, 0) is 0 Å². The second kappa shape index (κ2) is 4.95. The van der Waals surface area contributed by atoms with Gasteiger partial charge in [0.25, 0.3) is 0 Å². The van der Waals surface area contributed by atoms with E-state index in [4.69, 9.17) is 5.73 Å². The number of aromatic nitrogens is 1. The molecule has 1 rings (SSSR count). The van der Waals surface area contributed by atoms with Gasteiger partial charge in [0.15, 0.2) is 5.78 Å². The molecule has 0 aliphatic carbocycles. The Bertz CT molecular complexity index is 414. The van der Waals surface area contributed by atoms with E-state index in [0.29, 0.717) is 21.9 Å². The third kappa shape index (κ3) is 2.61. The number of carbonyl (C=O) groups excluding carboxylic acids is 1. The molecule has 0 unspecified atom stereocenters. The Morgan fingerprint density at radius 2 is 1.94 bits per heavy atom. The summed E-state index contributed by atoms with van der Waals surface area (Å²) in [5.74, 6) is 0.215. The van der Waals surface area contributed by atoms with Crippen molar-refractivity contribution >= 4 is 27.4 Å². The summed E-state index contributed by atoms with van der Waals surface area (Å²) in [6.07, 6.45) is 0. The van der Waals surface area contributed by atoms with Gasteiger partial charge >= 0.3 is 0 Å². The van der Waals surface area contributed by atoms with Crippen molar-refractivity contribution in [3.63, 3.8) is 0 Å². The SMILES string of the molecule is CC(C)C(=O)c1nc(Br)c(C(C)C)cc1N. The van der Waals surface area contributed by atoms with E-state index in [1.807, 2.05) is 19.9 Å². The lowest BCUT2D eigenvalue weighted by atomic mass is 10.0. The van der Waals surface area contributed by atoms with E-state index < -0.39 is 0 Å². The smallest absolute Gasteiger partial charge is 0.185 e. The van der Waals surface area contributed by atoms with Crippen LogP contribution in [0.15, 0.2) is 10.7 Å². The van der Waals surface area contributed by atoms with Crippen molar-refractivity contribution in [3.05, 3.63) is 21.9 Å². The highest BCUT2D eigenvalue weighted by Gasteiger charge is 2.18. The molecule has 0 radical (unpaired) electrons. The van der Waals surface area contributed by atoms with E-state index in [9.17, 15) is 4.79 Å². The third-order valence-corrected chi connectivity index (χ3v) is 3.05. The van der Waals surface area contributed by atoms with E-state index in [-0.39, 0.29) is 11.7 Å². The molecule has 0 saturated carbocycles. The fourth-order valence-corrected chi connectivity index (χ4v) is 2.15. The first-order valence-electron chi connectivity index (χ1n) is 5.34. The molecule has 0 spiro atoms. The number of nitrogens with two attached hydrogens (primary N) is 1. The second-order valence-electron chi connectivity index (χ2n) is 4.48. The maximum atomic E-state index is 11.8. The first-order valence-corrected chi connectivity index (χ1v) is 6.14. The summed E-state index contributed by atoms with van der Waals surface area (Å²) in [6, 6.07) is 1.83. The predicted octanol–water partition coefficient (Wildman–Crippen LogP) is 3.39. The summed E-state index contributed by atoms with van der Waals surface area (Å²) in [6.45, 7) is 7.80. The minimum atomic E-state index is -0.0911. The first kappa shape index (κ1) is 13.2. The largest absolute Gasteiger partial charge is 0.397 e. The van der Waals surface area contributed by atoms with E-state index in [0.717, 1.165) is 5.56 Å². The summed E-state index contributed by atoms with van der Waals surface area (Å²) >= 11 is 3.38. The Labute approximate surface area is 105 Å². The number of halogens is 1. The zero-order valence-electron chi connectivity index (χ0n) is 10.0. The zero-order valence-corrected chi connectivity index (χ0v) is 11.6. The van der Waals surface area contributed by atoms with Crippen molar-refractivity contribution in [2.75, 3.05) is 5.73 Å². The molecule has 0 atom stereocenters. The highest BCUT2D eigenvalue weighted by atomic mass is 79.9. The minimum absolute atomic E-state index is 0.0199. The molecule has 0 saturated heterocycles. The number of pyridine rings is 1. The van der Waals surface area contributed by atoms with Crippen LogP contribution in [0.1, 0.15) is 49.7 Å². The van der Waals surface area contributed by atoms with Crippen molar-refractivity contribution in [2.24, 2.45) is 5.92 Å². The van der Waals surface area contributed by atoms with Gasteiger partial charge in [-0.05, 0) is 33.5 Å². The molecule has 0 aliphatic rings. The Balaban J connectivity index is 3.26. The quantitative estimate of drug-likeness (QED) is 0.684. The Morgan fingerprint density at radius 3 is 2.38 bits per heavy atom. The van der Waals surface area contributed by atoms with Gasteiger partial charge in [-0.2, -0.15) is 0 Å². The van der Waals surface area contributed by atoms with E-state index in [1.54, 1.807) is 0 Å². The molecule has 88 valence electrons. The molecule has 2 N–H and O–H groups in total. The Hall–Kier alpha value is -0.900. The lowest BCUT2D eigenvalue weighted by Gasteiger charge is -2.12. The van der Waals surface area contributed by atoms with Gasteiger partial charge in [-0.15, -0.1) is 0 Å². The predicted molar refractivity (Wildman–Crippen MR) is 69.6 cm³/mol. The molecule has 0 aliphatic heterocycles. The number of Topliss-reactive ketones (excluding diaryl/α,β-unsaturated/α-hetero) is 1. The van der Waals surface area contributed by atoms with Crippen molar-refractivity contribution < 1.29 is 4.79 Å². The van der Waals surface area contributed by atoms with Gasteiger partial charge in [-0.1, -0.05) is 27.7 Å². The van der Waals surface area contributed by atoms with Gasteiger partial charge in [0, 0.05) is 5.92 Å². The molecule has 3 nitrogen and oxygen atoms in total. The highest BCUT2D eigenvalue weighted by molar-refractivity contribution is 9.10. The summed E-state index contributed by atoms with van der Waals surface area (Å²) in [4.78, 5) is 16.1. The van der Waals surface area contributed by atoms with Crippen LogP contribution in [-0.4, -0.2) is 10.8 Å². The number of rotatable bonds is 3. The molecule has 0 fully saturated rings. The molecule has 1 heterocycles. The van der Waals surface area contributed by atoms with Crippen molar-refractivity contribution in [2.45, 2.75) is 33.6 Å². The molecule has 1 aromatic rings. The third-order valence-electron chi connectivity index (χ3n) is 2.41. The van der Waals surface area contributed by atoms with Gasteiger partial charge in [0.2, 0.25) is 0 Å². The van der Waals surface area contributed by atoms with Crippen molar-refractivity contribution in [3.8, 4) is 0 Å². The number of carbonyl (C=O) groups is 1. The molecule has 16 heavy (non-hydrogen) atoms. The number of hydrogen-bond acceptors (Lipinski definition) is 3. The van der Waals surface area contributed by atoms with Crippen LogP contribution in [0, 0.1) is 5.92 Å². The fourth-order valence-electron chi connectivity index (χ4n) is 1.40. The average Bonchev–Trinajstić information content (AvgIpc) is 2.19. The maximum Gasteiger partial charge on any atom is 0.185 e. The lowest BCUT2D eigenvalue weighted by molar-refractivity contribution is 0.0935. The Morgan fingerprint density at radius 1 is 1.38 bits per heavy atom. The van der Waals surface area contributed by atoms with Crippen LogP contribution in [0.2, 0.25) is 0 Å². The highest BCUT2D eigenvalue weighted by Crippen LogP contribution is 2.27. The maximum absolute atomic E-state index is 11.8. The fraction of sp³-hybridized carbons (Fsp3) is 0.500. The molecular weight excluding hydrogens is 268 g/mol. The van der Waals surface area contributed by atoms with Gasteiger partial charge in [0.05, 0.1) is 5.69 Å². The number of nitrogens with zero attached hydrogens (tertiary/aromatic N) is 1. The van der Waals surface area contributed by atoms with Gasteiger partial charge in [-0.25, -0.2) is 4.98 Å². The number of nitrogen functional groups attached to an aromatic ring is 1. The van der Waals surface area contributed by atoms with Crippen LogP contribution >= 0.6 is 15.9 Å². The Kier molecular flexibility index (Phi) is 4.08. The number of hydrogen-bond donors (Lipinski definition) is 1. The van der Waals surface area contributed by atoms with Crippen molar-refractivity contribution in [1.82, 2.24) is 4.98 Å². The molecule has 0 amide bonds. The van der Waals surface area contributed by atoms with Gasteiger partial charge < -0.3 is 5.73 Å². The molecule has 0 bridgehead atoms. The van der Waals surface area contributed by atoms with E-state index >= 15 is 0 Å². The van der Waals surface area contributed by atoms with Crippen LogP contribution in [0.25, 0.3) is 0 Å². The van der Waals surface area contributed by atoms with Crippen LogP contribution < -0.4 is 5.73 Å². The molecule has 1 aromatic heterocycles. The number of ketones is 1. The lowest BCUT2D eigenvalue weighted by Crippen LogP contribution is -2.13. The minimum Gasteiger partial charge on any atom is -0.397 e. The van der Waals surface area contributed by atoms with Gasteiger partial charge in [-0.3, -0.25) is 4.79 Å². The topological polar surface area (TPSA) is 56.0 Å². The van der Waals surface area contributed by atoms with Crippen LogP contribution in [0.3, 0.4) is 0 Å². The first-order chi connectivity index (χ1) is 7.34. The van der Waals surface area contributed by atoms with Gasteiger partial charge in [0.1, 0.15) is 10.3 Å².